The molecule has 100 valence electrons. The lowest BCUT2D eigenvalue weighted by atomic mass is 10.1. The number of aryl methyl sites for hydroxylation is 3. The van der Waals surface area contributed by atoms with Crippen molar-refractivity contribution in [2.24, 2.45) is 5.73 Å². The molecule has 2 aromatic rings. The van der Waals surface area contributed by atoms with E-state index in [1.807, 2.05) is 33.8 Å². The molecule has 0 spiro atoms. The van der Waals surface area contributed by atoms with Gasteiger partial charge in [0.25, 0.3) is 0 Å². The number of nitrogens with zero attached hydrogens (tertiary/aromatic N) is 3. The molecule has 4 nitrogen and oxygen atoms in total. The predicted molar refractivity (Wildman–Crippen MR) is 81.2 cm³/mol. The molecular formula is C13H15ClN4S. The number of aromatic nitrogens is 3. The van der Waals surface area contributed by atoms with Crippen LogP contribution in [0.25, 0.3) is 5.82 Å². The topological polar surface area (TPSA) is 56.7 Å². The van der Waals surface area contributed by atoms with Gasteiger partial charge in [0.15, 0.2) is 5.82 Å². The Balaban J connectivity index is 2.81. The van der Waals surface area contributed by atoms with E-state index in [0.29, 0.717) is 15.8 Å². The van der Waals surface area contributed by atoms with Crippen molar-refractivity contribution in [3.8, 4) is 5.82 Å². The number of halogens is 1. The van der Waals surface area contributed by atoms with Crippen LogP contribution in [0.15, 0.2) is 6.07 Å². The highest BCUT2D eigenvalue weighted by Gasteiger charge is 2.18. The van der Waals surface area contributed by atoms with Crippen LogP contribution < -0.4 is 5.73 Å². The van der Waals surface area contributed by atoms with Gasteiger partial charge < -0.3 is 5.73 Å². The van der Waals surface area contributed by atoms with Gasteiger partial charge in [-0.2, -0.15) is 5.10 Å². The van der Waals surface area contributed by atoms with E-state index < -0.39 is 0 Å². The third-order valence-electron chi connectivity index (χ3n) is 2.98. The summed E-state index contributed by atoms with van der Waals surface area (Å²) >= 11 is 11.3. The summed E-state index contributed by atoms with van der Waals surface area (Å²) < 4.78 is 1.70. The molecule has 6 heteroatoms. The van der Waals surface area contributed by atoms with Crippen molar-refractivity contribution >= 4 is 28.8 Å². The minimum atomic E-state index is 0.309. The molecule has 0 saturated heterocycles. The standard InChI is InChI=1S/C13H15ClN4S/c1-6-5-7(2)16-13(10(6)12(15)19)18-9(4)11(14)8(3)17-18/h5H,1-4H3,(H2,15,19). The Morgan fingerprint density at radius 2 is 1.95 bits per heavy atom. The maximum Gasteiger partial charge on any atom is 0.164 e. The van der Waals surface area contributed by atoms with Crippen LogP contribution in [0.1, 0.15) is 28.2 Å². The van der Waals surface area contributed by atoms with Crippen molar-refractivity contribution in [2.75, 3.05) is 0 Å². The fourth-order valence-electron chi connectivity index (χ4n) is 2.10. The summed E-state index contributed by atoms with van der Waals surface area (Å²) in [4.78, 5) is 4.82. The van der Waals surface area contributed by atoms with Crippen LogP contribution in [0.4, 0.5) is 0 Å². The van der Waals surface area contributed by atoms with E-state index in [0.717, 1.165) is 28.2 Å². The van der Waals surface area contributed by atoms with Gasteiger partial charge in [0.1, 0.15) is 4.99 Å². The van der Waals surface area contributed by atoms with E-state index in [4.69, 9.17) is 29.6 Å². The van der Waals surface area contributed by atoms with Crippen molar-refractivity contribution in [2.45, 2.75) is 27.7 Å². The molecule has 0 radical (unpaired) electrons. The van der Waals surface area contributed by atoms with Gasteiger partial charge >= 0.3 is 0 Å². The van der Waals surface area contributed by atoms with Crippen LogP contribution in [0.3, 0.4) is 0 Å². The third kappa shape index (κ3) is 2.35. The van der Waals surface area contributed by atoms with Crippen molar-refractivity contribution < 1.29 is 0 Å². The molecule has 2 heterocycles. The van der Waals surface area contributed by atoms with Gasteiger partial charge in [0.05, 0.1) is 22.0 Å². The van der Waals surface area contributed by atoms with Crippen LogP contribution in [-0.4, -0.2) is 19.8 Å². The minimum absolute atomic E-state index is 0.309. The van der Waals surface area contributed by atoms with E-state index >= 15 is 0 Å². The lowest BCUT2D eigenvalue weighted by Crippen LogP contribution is -2.18. The summed E-state index contributed by atoms with van der Waals surface area (Å²) in [5.74, 6) is 0.637. The second kappa shape index (κ2) is 4.90. The van der Waals surface area contributed by atoms with E-state index in [-0.39, 0.29) is 0 Å². The van der Waals surface area contributed by atoms with Gasteiger partial charge in [0, 0.05) is 5.69 Å². The van der Waals surface area contributed by atoms with Gasteiger partial charge in [-0.15, -0.1) is 0 Å². The SMILES string of the molecule is Cc1cc(C)c(C(N)=S)c(-n2nc(C)c(Cl)c2C)n1. The molecule has 0 amide bonds. The first-order valence-corrected chi connectivity index (χ1v) is 6.61. The molecule has 0 aliphatic rings. The lowest BCUT2D eigenvalue weighted by molar-refractivity contribution is 0.798. The van der Waals surface area contributed by atoms with Crippen LogP contribution in [0.5, 0.6) is 0 Å². The Kier molecular flexibility index (Phi) is 3.60. The molecule has 0 saturated carbocycles. The Labute approximate surface area is 122 Å². The van der Waals surface area contributed by atoms with Crippen LogP contribution in [-0.2, 0) is 0 Å². The van der Waals surface area contributed by atoms with E-state index in [2.05, 4.69) is 10.1 Å². The first-order chi connectivity index (χ1) is 8.82. The molecule has 2 aromatic heterocycles. The Hall–Kier alpha value is -1.46. The van der Waals surface area contributed by atoms with E-state index in [9.17, 15) is 0 Å². The number of rotatable bonds is 2. The summed E-state index contributed by atoms with van der Waals surface area (Å²) in [5.41, 5.74) is 10.0. The predicted octanol–water partition coefficient (Wildman–Crippen LogP) is 2.79. The average molecular weight is 295 g/mol. The van der Waals surface area contributed by atoms with Crippen LogP contribution in [0.2, 0.25) is 5.02 Å². The highest BCUT2D eigenvalue weighted by Crippen LogP contribution is 2.25. The molecule has 2 N–H and O–H groups in total. The molecular weight excluding hydrogens is 280 g/mol. The molecule has 0 fully saturated rings. The van der Waals surface area contributed by atoms with Crippen molar-refractivity contribution in [3.63, 3.8) is 0 Å². The zero-order chi connectivity index (χ0) is 14.3. The Bertz CT molecular complexity index is 676. The summed E-state index contributed by atoms with van der Waals surface area (Å²) in [6.07, 6.45) is 0. The van der Waals surface area contributed by atoms with Gasteiger partial charge in [-0.3, -0.25) is 0 Å². The smallest absolute Gasteiger partial charge is 0.164 e. The highest BCUT2D eigenvalue weighted by molar-refractivity contribution is 7.80. The molecule has 0 aromatic carbocycles. The van der Waals surface area contributed by atoms with Gasteiger partial charge in [-0.1, -0.05) is 23.8 Å². The minimum Gasteiger partial charge on any atom is -0.389 e. The van der Waals surface area contributed by atoms with Gasteiger partial charge in [0.2, 0.25) is 0 Å². The molecule has 19 heavy (non-hydrogen) atoms. The van der Waals surface area contributed by atoms with Gasteiger partial charge in [-0.25, -0.2) is 9.67 Å². The first-order valence-electron chi connectivity index (χ1n) is 5.83. The van der Waals surface area contributed by atoms with Crippen molar-refractivity contribution in [1.82, 2.24) is 14.8 Å². The summed E-state index contributed by atoms with van der Waals surface area (Å²) in [6.45, 7) is 7.63. The third-order valence-corrected chi connectivity index (χ3v) is 3.73. The summed E-state index contributed by atoms with van der Waals surface area (Å²) in [6, 6.07) is 1.95. The second-order valence-corrected chi connectivity index (χ2v) is 5.36. The quantitative estimate of drug-likeness (QED) is 0.865. The van der Waals surface area contributed by atoms with E-state index in [1.165, 1.54) is 0 Å². The number of hydrogen-bond donors (Lipinski definition) is 1. The maximum absolute atomic E-state index is 6.18. The molecule has 0 bridgehead atoms. The fraction of sp³-hybridized carbons (Fsp3) is 0.308. The molecule has 0 aliphatic carbocycles. The van der Waals surface area contributed by atoms with Crippen LogP contribution >= 0.6 is 23.8 Å². The Morgan fingerprint density at radius 3 is 2.42 bits per heavy atom. The zero-order valence-electron chi connectivity index (χ0n) is 11.3. The average Bonchev–Trinajstić information content (AvgIpc) is 2.55. The molecule has 0 unspecified atom stereocenters. The largest absolute Gasteiger partial charge is 0.389 e. The monoisotopic (exact) mass is 294 g/mol. The van der Waals surface area contributed by atoms with Crippen LogP contribution in [0, 0.1) is 27.7 Å². The normalized spacial score (nSPS) is 10.8. The van der Waals surface area contributed by atoms with Crippen molar-refractivity contribution in [1.29, 1.82) is 0 Å². The molecule has 0 atom stereocenters. The number of thiocarbonyl (C=S) groups is 1. The van der Waals surface area contributed by atoms with Gasteiger partial charge in [-0.05, 0) is 39.3 Å². The highest BCUT2D eigenvalue weighted by atomic mass is 35.5. The molecule has 0 aliphatic heterocycles. The lowest BCUT2D eigenvalue weighted by Gasteiger charge is -2.13. The number of nitrogens with two attached hydrogens (primary N) is 1. The number of hydrogen-bond acceptors (Lipinski definition) is 3. The number of pyridine rings is 1. The first kappa shape index (κ1) is 14.0. The zero-order valence-corrected chi connectivity index (χ0v) is 12.9. The van der Waals surface area contributed by atoms with Crippen molar-refractivity contribution in [3.05, 3.63) is 39.3 Å². The van der Waals surface area contributed by atoms with E-state index in [1.54, 1.807) is 4.68 Å². The second-order valence-electron chi connectivity index (χ2n) is 4.54. The molecule has 2 rings (SSSR count). The Morgan fingerprint density at radius 1 is 1.32 bits per heavy atom. The summed E-state index contributed by atoms with van der Waals surface area (Å²) in [7, 11) is 0. The summed E-state index contributed by atoms with van der Waals surface area (Å²) in [5, 5.41) is 5.05. The maximum atomic E-state index is 6.18. The fourth-order valence-corrected chi connectivity index (χ4v) is 2.47.